The van der Waals surface area contributed by atoms with E-state index in [1.54, 1.807) is 47.2 Å². The van der Waals surface area contributed by atoms with E-state index in [-0.39, 0.29) is 11.8 Å². The van der Waals surface area contributed by atoms with Crippen molar-refractivity contribution in [3.63, 3.8) is 0 Å². The van der Waals surface area contributed by atoms with Crippen LogP contribution >= 0.6 is 0 Å². The average molecular weight is 330 g/mol. The lowest BCUT2D eigenvalue weighted by molar-refractivity contribution is -0.114. The third-order valence-electron chi connectivity index (χ3n) is 3.44. The number of carbonyl (C=O) groups excluding carboxylic acids is 2. The summed E-state index contributed by atoms with van der Waals surface area (Å²) < 4.78 is 6.81. The maximum Gasteiger partial charge on any atom is 0.254 e. The second-order valence-electron chi connectivity index (χ2n) is 5.50. The number of methoxy groups -OCH3 is 1. The van der Waals surface area contributed by atoms with Crippen molar-refractivity contribution in [3.8, 4) is 0 Å². The predicted octanol–water partition coefficient (Wildman–Crippen LogP) is 1.67. The van der Waals surface area contributed by atoms with Gasteiger partial charge in [-0.15, -0.1) is 0 Å². The van der Waals surface area contributed by atoms with Gasteiger partial charge in [-0.3, -0.25) is 14.3 Å². The molecule has 1 aromatic heterocycles. The number of anilines is 1. The summed E-state index contributed by atoms with van der Waals surface area (Å²) >= 11 is 0. The van der Waals surface area contributed by atoms with Crippen molar-refractivity contribution in [2.24, 2.45) is 7.05 Å². The molecule has 24 heavy (non-hydrogen) atoms. The standard InChI is InChI=1S/C17H22N4O3/c1-13(22)19-16-6-4-15(5-7-16)17(23)21(8-9-24-3)12-14-10-18-20(2)11-14/h4-7,10-11H,8-9,12H2,1-3H3,(H,19,22). The summed E-state index contributed by atoms with van der Waals surface area (Å²) in [5, 5.41) is 6.81. The first-order valence-electron chi connectivity index (χ1n) is 7.63. The average Bonchev–Trinajstić information content (AvgIpc) is 2.96. The number of benzene rings is 1. The zero-order valence-electron chi connectivity index (χ0n) is 14.2. The highest BCUT2D eigenvalue weighted by Crippen LogP contribution is 2.13. The van der Waals surface area contributed by atoms with E-state index < -0.39 is 0 Å². The first-order valence-corrected chi connectivity index (χ1v) is 7.63. The van der Waals surface area contributed by atoms with Crippen LogP contribution in [0.25, 0.3) is 0 Å². The molecule has 0 aliphatic heterocycles. The van der Waals surface area contributed by atoms with Gasteiger partial charge >= 0.3 is 0 Å². The van der Waals surface area contributed by atoms with E-state index in [0.717, 1.165) is 5.56 Å². The molecule has 0 spiro atoms. The van der Waals surface area contributed by atoms with Gasteiger partial charge in [0, 0.05) is 57.2 Å². The Bertz CT molecular complexity index is 694. The van der Waals surface area contributed by atoms with E-state index in [2.05, 4.69) is 10.4 Å². The topological polar surface area (TPSA) is 76.5 Å². The van der Waals surface area contributed by atoms with Crippen LogP contribution in [0.4, 0.5) is 5.69 Å². The number of aromatic nitrogens is 2. The normalized spacial score (nSPS) is 10.5. The molecule has 0 unspecified atom stereocenters. The third-order valence-corrected chi connectivity index (χ3v) is 3.44. The molecule has 1 aromatic carbocycles. The minimum Gasteiger partial charge on any atom is -0.383 e. The van der Waals surface area contributed by atoms with E-state index in [1.807, 2.05) is 13.2 Å². The molecule has 1 heterocycles. The second kappa shape index (κ2) is 8.26. The summed E-state index contributed by atoms with van der Waals surface area (Å²) in [6, 6.07) is 6.84. The molecular weight excluding hydrogens is 308 g/mol. The lowest BCUT2D eigenvalue weighted by Gasteiger charge is -2.22. The molecule has 0 radical (unpaired) electrons. The first-order chi connectivity index (χ1) is 11.5. The van der Waals surface area contributed by atoms with Crippen molar-refractivity contribution in [3.05, 3.63) is 47.8 Å². The Balaban J connectivity index is 2.12. The van der Waals surface area contributed by atoms with Crippen LogP contribution < -0.4 is 5.32 Å². The molecule has 7 nitrogen and oxygen atoms in total. The summed E-state index contributed by atoms with van der Waals surface area (Å²) in [5.41, 5.74) is 2.18. The number of rotatable bonds is 7. The molecule has 0 fully saturated rings. The molecule has 2 rings (SSSR count). The summed E-state index contributed by atoms with van der Waals surface area (Å²) in [6.07, 6.45) is 3.62. The molecule has 0 bridgehead atoms. The van der Waals surface area contributed by atoms with Gasteiger partial charge in [0.25, 0.3) is 5.91 Å². The lowest BCUT2D eigenvalue weighted by Crippen LogP contribution is -2.33. The van der Waals surface area contributed by atoms with E-state index >= 15 is 0 Å². The molecule has 0 aliphatic rings. The lowest BCUT2D eigenvalue weighted by atomic mass is 10.1. The summed E-state index contributed by atoms with van der Waals surface area (Å²) in [4.78, 5) is 25.5. The fraction of sp³-hybridized carbons (Fsp3) is 0.353. The van der Waals surface area contributed by atoms with Crippen LogP contribution in [0.1, 0.15) is 22.8 Å². The zero-order valence-corrected chi connectivity index (χ0v) is 14.2. The monoisotopic (exact) mass is 330 g/mol. The Morgan fingerprint density at radius 2 is 2.00 bits per heavy atom. The SMILES string of the molecule is COCCN(Cc1cnn(C)c1)C(=O)c1ccc(NC(C)=O)cc1. The molecular formula is C17H22N4O3. The van der Waals surface area contributed by atoms with Crippen LogP contribution in [0.5, 0.6) is 0 Å². The van der Waals surface area contributed by atoms with E-state index in [9.17, 15) is 9.59 Å². The Morgan fingerprint density at radius 1 is 1.29 bits per heavy atom. The number of nitrogens with zero attached hydrogens (tertiary/aromatic N) is 3. The van der Waals surface area contributed by atoms with Crippen LogP contribution in [-0.4, -0.2) is 46.8 Å². The molecule has 0 saturated carbocycles. The first kappa shape index (κ1) is 17.7. The van der Waals surface area contributed by atoms with E-state index in [1.165, 1.54) is 6.92 Å². The van der Waals surface area contributed by atoms with Crippen molar-refractivity contribution in [1.29, 1.82) is 0 Å². The minimum atomic E-state index is -0.146. The van der Waals surface area contributed by atoms with Crippen LogP contribution in [0.2, 0.25) is 0 Å². The van der Waals surface area contributed by atoms with Crippen molar-refractivity contribution < 1.29 is 14.3 Å². The van der Waals surface area contributed by atoms with E-state index in [0.29, 0.717) is 30.9 Å². The van der Waals surface area contributed by atoms with Gasteiger partial charge in [-0.05, 0) is 24.3 Å². The molecule has 2 aromatic rings. The Labute approximate surface area is 141 Å². The smallest absolute Gasteiger partial charge is 0.254 e. The van der Waals surface area contributed by atoms with Gasteiger partial charge in [-0.25, -0.2) is 0 Å². The van der Waals surface area contributed by atoms with Crippen molar-refractivity contribution in [1.82, 2.24) is 14.7 Å². The van der Waals surface area contributed by atoms with E-state index in [4.69, 9.17) is 4.74 Å². The quantitative estimate of drug-likeness (QED) is 0.838. The van der Waals surface area contributed by atoms with Crippen LogP contribution in [0, 0.1) is 0 Å². The van der Waals surface area contributed by atoms with Gasteiger partial charge in [0.15, 0.2) is 0 Å². The fourth-order valence-corrected chi connectivity index (χ4v) is 2.31. The largest absolute Gasteiger partial charge is 0.383 e. The number of nitrogens with one attached hydrogen (secondary N) is 1. The van der Waals surface area contributed by atoms with Crippen molar-refractivity contribution in [2.75, 3.05) is 25.6 Å². The molecule has 128 valence electrons. The summed E-state index contributed by atoms with van der Waals surface area (Å²) in [7, 11) is 3.44. The maximum atomic E-state index is 12.8. The number of ether oxygens (including phenoxy) is 1. The van der Waals surface area contributed by atoms with Crippen LogP contribution in [0.3, 0.4) is 0 Å². The molecule has 7 heteroatoms. The number of carbonyl (C=O) groups is 2. The highest BCUT2D eigenvalue weighted by molar-refractivity contribution is 5.95. The molecule has 0 saturated heterocycles. The Morgan fingerprint density at radius 3 is 2.54 bits per heavy atom. The van der Waals surface area contributed by atoms with Gasteiger partial charge in [0.05, 0.1) is 12.8 Å². The number of amides is 2. The number of aryl methyl sites for hydroxylation is 1. The number of hydrogen-bond acceptors (Lipinski definition) is 4. The summed E-state index contributed by atoms with van der Waals surface area (Å²) in [6.45, 7) is 2.84. The third kappa shape index (κ3) is 4.92. The Kier molecular flexibility index (Phi) is 6.08. The van der Waals surface area contributed by atoms with Crippen LogP contribution in [0.15, 0.2) is 36.7 Å². The van der Waals surface area contributed by atoms with Crippen molar-refractivity contribution in [2.45, 2.75) is 13.5 Å². The van der Waals surface area contributed by atoms with Gasteiger partial charge in [0.1, 0.15) is 0 Å². The number of hydrogen-bond donors (Lipinski definition) is 1. The van der Waals surface area contributed by atoms with Crippen LogP contribution in [-0.2, 0) is 23.1 Å². The van der Waals surface area contributed by atoms with Gasteiger partial charge in [-0.2, -0.15) is 5.10 Å². The molecule has 1 N–H and O–H groups in total. The second-order valence-corrected chi connectivity index (χ2v) is 5.50. The zero-order chi connectivity index (χ0) is 17.5. The highest BCUT2D eigenvalue weighted by atomic mass is 16.5. The molecule has 2 amide bonds. The summed E-state index contributed by atoms with van der Waals surface area (Å²) in [5.74, 6) is -0.238. The molecule has 0 atom stereocenters. The Hall–Kier alpha value is -2.67. The minimum absolute atomic E-state index is 0.0923. The van der Waals surface area contributed by atoms with Gasteiger partial charge < -0.3 is 15.0 Å². The maximum absolute atomic E-state index is 12.8. The predicted molar refractivity (Wildman–Crippen MR) is 90.6 cm³/mol. The fourth-order valence-electron chi connectivity index (χ4n) is 2.31. The van der Waals surface area contributed by atoms with Crippen molar-refractivity contribution >= 4 is 17.5 Å². The van der Waals surface area contributed by atoms with Gasteiger partial charge in [-0.1, -0.05) is 0 Å². The van der Waals surface area contributed by atoms with Gasteiger partial charge in [0.2, 0.25) is 5.91 Å². The highest BCUT2D eigenvalue weighted by Gasteiger charge is 2.16. The molecule has 0 aliphatic carbocycles.